The monoisotopic (exact) mass is 337 g/mol. The maximum atomic E-state index is 13.5. The first-order chi connectivity index (χ1) is 11.2. The molecule has 1 aliphatic heterocycles. The van der Waals surface area contributed by atoms with Crippen LogP contribution >= 0.6 is 0 Å². The van der Waals surface area contributed by atoms with Crippen LogP contribution in [0.25, 0.3) is 0 Å². The van der Waals surface area contributed by atoms with Gasteiger partial charge >= 0.3 is 6.18 Å². The van der Waals surface area contributed by atoms with Crippen molar-refractivity contribution in [1.29, 1.82) is 0 Å². The number of hydrogen-bond donors (Lipinski definition) is 2. The lowest BCUT2D eigenvalue weighted by atomic mass is 10.0. The van der Waals surface area contributed by atoms with Crippen LogP contribution in [0.3, 0.4) is 0 Å². The number of hydrogen-bond acceptors (Lipinski definition) is 6. The number of aryl methyl sites for hydroxylation is 1. The fraction of sp³-hybridized carbons (Fsp3) is 0.267. The van der Waals surface area contributed by atoms with Crippen LogP contribution in [0.4, 0.5) is 24.9 Å². The van der Waals surface area contributed by atoms with Crippen molar-refractivity contribution in [3.8, 4) is 0 Å². The van der Waals surface area contributed by atoms with Crippen molar-refractivity contribution < 1.29 is 18.3 Å². The largest absolute Gasteiger partial charge is 0.438 e. The summed E-state index contributed by atoms with van der Waals surface area (Å²) in [6, 6.07) is 9.63. The SMILES string of the molecule is Cc1cc(N2N=C(c3ccccc3)C[C@@]2(O)C(F)(F)F)nc(N)n1. The van der Waals surface area contributed by atoms with Crippen LogP contribution in [0.1, 0.15) is 17.7 Å². The van der Waals surface area contributed by atoms with E-state index in [9.17, 15) is 18.3 Å². The smallest absolute Gasteiger partial charge is 0.368 e. The zero-order valence-corrected chi connectivity index (χ0v) is 12.6. The Morgan fingerprint density at radius 2 is 1.88 bits per heavy atom. The highest BCUT2D eigenvalue weighted by Crippen LogP contribution is 2.43. The van der Waals surface area contributed by atoms with E-state index >= 15 is 0 Å². The summed E-state index contributed by atoms with van der Waals surface area (Å²) in [5, 5.41) is 14.8. The topological polar surface area (TPSA) is 87.6 Å². The molecule has 1 aromatic carbocycles. The Morgan fingerprint density at radius 1 is 1.21 bits per heavy atom. The molecular weight excluding hydrogens is 323 g/mol. The van der Waals surface area contributed by atoms with E-state index in [1.54, 1.807) is 37.3 Å². The van der Waals surface area contributed by atoms with Crippen LogP contribution in [0, 0.1) is 6.92 Å². The van der Waals surface area contributed by atoms with Gasteiger partial charge in [-0.15, -0.1) is 0 Å². The maximum absolute atomic E-state index is 13.5. The highest BCUT2D eigenvalue weighted by atomic mass is 19.4. The zero-order valence-electron chi connectivity index (χ0n) is 12.6. The normalized spacial score (nSPS) is 21.0. The molecule has 2 heterocycles. The van der Waals surface area contributed by atoms with Gasteiger partial charge in [-0.05, 0) is 12.5 Å². The van der Waals surface area contributed by atoms with Gasteiger partial charge in [0.2, 0.25) is 5.95 Å². The molecule has 126 valence electrons. The first kappa shape index (κ1) is 16.2. The molecule has 9 heteroatoms. The molecule has 0 amide bonds. The average Bonchev–Trinajstić information content (AvgIpc) is 2.86. The minimum Gasteiger partial charge on any atom is -0.368 e. The second kappa shape index (κ2) is 5.45. The summed E-state index contributed by atoms with van der Waals surface area (Å²) < 4.78 is 40.6. The molecule has 1 aromatic heterocycles. The van der Waals surface area contributed by atoms with Crippen molar-refractivity contribution in [3.05, 3.63) is 47.7 Å². The highest BCUT2D eigenvalue weighted by Gasteiger charge is 2.62. The summed E-state index contributed by atoms with van der Waals surface area (Å²) in [5.74, 6) is -0.413. The predicted octanol–water partition coefficient (Wildman–Crippen LogP) is 2.23. The third kappa shape index (κ3) is 2.67. The Morgan fingerprint density at radius 3 is 2.46 bits per heavy atom. The number of aromatic nitrogens is 2. The van der Waals surface area contributed by atoms with E-state index in [0.717, 1.165) is 0 Å². The number of nitrogen functional groups attached to an aromatic ring is 1. The summed E-state index contributed by atoms with van der Waals surface area (Å²) in [6.45, 7) is 1.56. The first-order valence-corrected chi connectivity index (χ1v) is 7.04. The van der Waals surface area contributed by atoms with E-state index in [1.165, 1.54) is 6.07 Å². The third-order valence-corrected chi connectivity index (χ3v) is 3.62. The molecule has 0 saturated carbocycles. The number of benzene rings is 1. The Bertz CT molecular complexity index is 773. The van der Waals surface area contributed by atoms with Gasteiger partial charge in [0.1, 0.15) is 0 Å². The summed E-state index contributed by atoms with van der Waals surface area (Å²) in [7, 11) is 0. The molecule has 3 rings (SSSR count). The lowest BCUT2D eigenvalue weighted by molar-refractivity contribution is -0.254. The quantitative estimate of drug-likeness (QED) is 0.877. The molecular formula is C15H14F3N5O. The Kier molecular flexibility index (Phi) is 3.67. The molecule has 0 radical (unpaired) electrons. The number of anilines is 2. The van der Waals surface area contributed by atoms with Gasteiger partial charge in [-0.3, -0.25) is 0 Å². The lowest BCUT2D eigenvalue weighted by Crippen LogP contribution is -2.55. The van der Waals surface area contributed by atoms with E-state index in [1.807, 2.05) is 0 Å². The second-order valence-electron chi connectivity index (χ2n) is 5.44. The van der Waals surface area contributed by atoms with Crippen LogP contribution < -0.4 is 10.7 Å². The summed E-state index contributed by atoms with van der Waals surface area (Å²) in [6.07, 6.45) is -5.66. The van der Waals surface area contributed by atoms with Gasteiger partial charge in [0, 0.05) is 11.8 Å². The molecule has 0 aliphatic carbocycles. The van der Waals surface area contributed by atoms with Crippen molar-refractivity contribution in [2.45, 2.75) is 25.2 Å². The number of aliphatic hydroxyl groups is 1. The fourth-order valence-corrected chi connectivity index (χ4v) is 2.48. The van der Waals surface area contributed by atoms with Crippen molar-refractivity contribution in [2.75, 3.05) is 10.7 Å². The minimum absolute atomic E-state index is 0.102. The van der Waals surface area contributed by atoms with E-state index in [4.69, 9.17) is 5.73 Å². The van der Waals surface area contributed by atoms with Crippen LogP contribution in [0.15, 0.2) is 41.5 Å². The molecule has 0 bridgehead atoms. The number of nitrogens with zero attached hydrogens (tertiary/aromatic N) is 4. The number of rotatable bonds is 2. The van der Waals surface area contributed by atoms with Gasteiger partial charge in [-0.25, -0.2) is 9.99 Å². The maximum Gasteiger partial charge on any atom is 0.438 e. The molecule has 0 spiro atoms. The van der Waals surface area contributed by atoms with E-state index in [0.29, 0.717) is 16.3 Å². The summed E-state index contributed by atoms with van der Waals surface area (Å²) in [4.78, 5) is 7.60. The number of nitrogens with two attached hydrogens (primary N) is 1. The Hall–Kier alpha value is -2.68. The lowest BCUT2D eigenvalue weighted by Gasteiger charge is -2.33. The Balaban J connectivity index is 2.12. The van der Waals surface area contributed by atoms with E-state index < -0.39 is 18.3 Å². The fourth-order valence-electron chi connectivity index (χ4n) is 2.48. The number of halogens is 3. The zero-order chi connectivity index (χ0) is 17.5. The van der Waals surface area contributed by atoms with Crippen LogP contribution in [0.2, 0.25) is 0 Å². The molecule has 0 saturated heterocycles. The van der Waals surface area contributed by atoms with Gasteiger partial charge < -0.3 is 10.8 Å². The van der Waals surface area contributed by atoms with Crippen LogP contribution in [-0.2, 0) is 0 Å². The van der Waals surface area contributed by atoms with Crippen molar-refractivity contribution in [3.63, 3.8) is 0 Å². The van der Waals surface area contributed by atoms with Gasteiger partial charge in [-0.1, -0.05) is 30.3 Å². The average molecular weight is 337 g/mol. The van der Waals surface area contributed by atoms with Gasteiger partial charge in [0.05, 0.1) is 12.1 Å². The second-order valence-corrected chi connectivity index (χ2v) is 5.44. The van der Waals surface area contributed by atoms with Gasteiger partial charge in [0.15, 0.2) is 5.82 Å². The summed E-state index contributed by atoms with van der Waals surface area (Å²) >= 11 is 0. The van der Waals surface area contributed by atoms with Crippen molar-refractivity contribution in [2.24, 2.45) is 5.10 Å². The number of alkyl halides is 3. The predicted molar refractivity (Wildman–Crippen MR) is 82.3 cm³/mol. The summed E-state index contributed by atoms with van der Waals surface area (Å²) in [5.41, 5.74) is 3.26. The Labute approximate surface area is 135 Å². The molecule has 2 aromatic rings. The first-order valence-electron chi connectivity index (χ1n) is 7.04. The third-order valence-electron chi connectivity index (χ3n) is 3.62. The molecule has 0 unspecified atom stereocenters. The molecule has 3 N–H and O–H groups in total. The van der Waals surface area contributed by atoms with Gasteiger partial charge in [0.25, 0.3) is 5.72 Å². The molecule has 6 nitrogen and oxygen atoms in total. The van der Waals surface area contributed by atoms with Crippen LogP contribution in [-0.4, -0.2) is 32.7 Å². The molecule has 24 heavy (non-hydrogen) atoms. The highest BCUT2D eigenvalue weighted by molar-refractivity contribution is 6.03. The van der Waals surface area contributed by atoms with E-state index in [-0.39, 0.29) is 17.5 Å². The minimum atomic E-state index is -4.94. The van der Waals surface area contributed by atoms with Crippen molar-refractivity contribution >= 4 is 17.5 Å². The van der Waals surface area contributed by atoms with Crippen molar-refractivity contribution in [1.82, 2.24) is 9.97 Å². The van der Waals surface area contributed by atoms with E-state index in [2.05, 4.69) is 15.1 Å². The molecule has 0 fully saturated rings. The molecule has 1 aliphatic rings. The standard InChI is InChI=1S/C15H14F3N5O/c1-9-7-12(21-13(19)20-9)23-14(24,15(16,17)18)8-11(22-23)10-5-3-2-4-6-10/h2-7,24H,8H2,1H3,(H2,19,20,21)/t14-/m1/s1. The van der Waals surface area contributed by atoms with Crippen LogP contribution in [0.5, 0.6) is 0 Å². The van der Waals surface area contributed by atoms with Gasteiger partial charge in [-0.2, -0.15) is 23.3 Å². The molecule has 1 atom stereocenters. The number of hydrazone groups is 1.